The first kappa shape index (κ1) is 13.3. The molecule has 0 unspecified atom stereocenters. The third-order valence-electron chi connectivity index (χ3n) is 3.71. The van der Waals surface area contributed by atoms with E-state index in [2.05, 4.69) is 9.88 Å². The zero-order valence-electron chi connectivity index (χ0n) is 11.6. The maximum atomic E-state index is 5.94. The Morgan fingerprint density at radius 2 is 2.15 bits per heavy atom. The number of nitrogens with zero attached hydrogens (tertiary/aromatic N) is 2. The van der Waals surface area contributed by atoms with Crippen molar-refractivity contribution in [2.45, 2.75) is 32.1 Å². The Balaban J connectivity index is 1.40. The number of hydrogen-bond donors (Lipinski definition) is 0. The molecule has 2 aromatic heterocycles. The van der Waals surface area contributed by atoms with Gasteiger partial charge in [-0.2, -0.15) is 0 Å². The van der Waals surface area contributed by atoms with E-state index in [1.807, 2.05) is 36.7 Å². The average Bonchev–Trinajstić information content (AvgIpc) is 3.01. The number of ether oxygens (including phenoxy) is 1. The second-order valence-electron chi connectivity index (χ2n) is 5.24. The van der Waals surface area contributed by atoms with Crippen LogP contribution < -0.4 is 0 Å². The summed E-state index contributed by atoms with van der Waals surface area (Å²) >= 11 is 0. The van der Waals surface area contributed by atoms with Crippen molar-refractivity contribution >= 4 is 0 Å². The molecule has 0 spiro atoms. The lowest BCUT2D eigenvalue weighted by atomic mass is 10.1. The lowest BCUT2D eigenvalue weighted by Crippen LogP contribution is -2.36. The maximum absolute atomic E-state index is 5.94. The molecule has 0 aliphatic carbocycles. The first-order chi connectivity index (χ1) is 9.90. The topological polar surface area (TPSA) is 38.5 Å². The minimum absolute atomic E-state index is 0.359. The summed E-state index contributed by atoms with van der Waals surface area (Å²) in [6, 6.07) is 7.97. The molecule has 0 saturated carbocycles. The van der Waals surface area contributed by atoms with Crippen molar-refractivity contribution in [1.82, 2.24) is 9.88 Å². The van der Waals surface area contributed by atoms with Gasteiger partial charge in [0.05, 0.1) is 30.9 Å². The first-order valence-electron chi connectivity index (χ1n) is 7.15. The van der Waals surface area contributed by atoms with Gasteiger partial charge in [-0.3, -0.25) is 9.88 Å². The highest BCUT2D eigenvalue weighted by atomic mass is 16.5. The molecule has 1 saturated heterocycles. The largest absolute Gasteiger partial charge is 0.472 e. The van der Waals surface area contributed by atoms with Gasteiger partial charge >= 0.3 is 0 Å². The highest BCUT2D eigenvalue weighted by Gasteiger charge is 2.20. The minimum atomic E-state index is 0.359. The summed E-state index contributed by atoms with van der Waals surface area (Å²) in [5.74, 6) is 0. The Morgan fingerprint density at radius 1 is 1.25 bits per heavy atom. The fraction of sp³-hybridized carbons (Fsp3) is 0.438. The predicted octanol–water partition coefficient (Wildman–Crippen LogP) is 2.86. The van der Waals surface area contributed by atoms with Crippen molar-refractivity contribution in [2.75, 3.05) is 13.1 Å². The third kappa shape index (κ3) is 3.68. The van der Waals surface area contributed by atoms with Crippen LogP contribution in [0.3, 0.4) is 0 Å². The normalized spacial score (nSPS) is 17.4. The Labute approximate surface area is 119 Å². The number of likely N-dealkylation sites (tertiary alicyclic amines) is 1. The molecule has 2 aromatic rings. The number of hydrogen-bond acceptors (Lipinski definition) is 4. The van der Waals surface area contributed by atoms with Crippen LogP contribution in [0.15, 0.2) is 47.4 Å². The van der Waals surface area contributed by atoms with Crippen LogP contribution >= 0.6 is 0 Å². The first-order valence-corrected chi connectivity index (χ1v) is 7.15. The van der Waals surface area contributed by atoms with Crippen LogP contribution in [0.2, 0.25) is 0 Å². The van der Waals surface area contributed by atoms with E-state index < -0.39 is 0 Å². The lowest BCUT2D eigenvalue weighted by Gasteiger charge is -2.31. The van der Waals surface area contributed by atoms with Crippen LogP contribution in [0.25, 0.3) is 0 Å². The average molecular weight is 272 g/mol. The molecule has 4 nitrogen and oxygen atoms in total. The highest BCUT2D eigenvalue weighted by Crippen LogP contribution is 2.17. The molecule has 0 N–H and O–H groups in total. The Kier molecular flexibility index (Phi) is 4.46. The van der Waals surface area contributed by atoms with Crippen molar-refractivity contribution in [2.24, 2.45) is 0 Å². The smallest absolute Gasteiger partial charge is 0.0947 e. The van der Waals surface area contributed by atoms with E-state index in [1.165, 1.54) is 5.56 Å². The number of aromatic nitrogens is 1. The van der Waals surface area contributed by atoms with Gasteiger partial charge in [0.25, 0.3) is 0 Å². The van der Waals surface area contributed by atoms with Gasteiger partial charge < -0.3 is 9.15 Å². The fourth-order valence-corrected chi connectivity index (χ4v) is 2.56. The number of rotatable bonds is 5. The number of pyridine rings is 1. The molecule has 106 valence electrons. The van der Waals surface area contributed by atoms with Crippen molar-refractivity contribution in [1.29, 1.82) is 0 Å². The van der Waals surface area contributed by atoms with Crippen molar-refractivity contribution in [3.63, 3.8) is 0 Å². The van der Waals surface area contributed by atoms with Crippen molar-refractivity contribution in [3.05, 3.63) is 54.2 Å². The Hall–Kier alpha value is -1.65. The van der Waals surface area contributed by atoms with E-state index in [4.69, 9.17) is 9.15 Å². The lowest BCUT2D eigenvalue weighted by molar-refractivity contribution is -0.00524. The van der Waals surface area contributed by atoms with Crippen LogP contribution in [0, 0.1) is 0 Å². The van der Waals surface area contributed by atoms with Gasteiger partial charge in [-0.05, 0) is 31.0 Å². The SMILES string of the molecule is c1ccc(COC2CCN(Cc3ccoc3)CC2)nc1. The van der Waals surface area contributed by atoms with E-state index in [9.17, 15) is 0 Å². The summed E-state index contributed by atoms with van der Waals surface area (Å²) in [5, 5.41) is 0. The molecule has 4 heteroatoms. The predicted molar refractivity (Wildman–Crippen MR) is 76.0 cm³/mol. The van der Waals surface area contributed by atoms with Gasteiger partial charge in [0, 0.05) is 31.4 Å². The van der Waals surface area contributed by atoms with E-state index in [0.29, 0.717) is 12.7 Å². The molecule has 0 radical (unpaired) electrons. The molecule has 1 aliphatic heterocycles. The van der Waals surface area contributed by atoms with E-state index in [-0.39, 0.29) is 0 Å². The molecule has 1 fully saturated rings. The standard InChI is InChI=1S/C16H20N2O2/c1-2-7-17-15(3-1)13-20-16-4-8-18(9-5-16)11-14-6-10-19-12-14/h1-3,6-7,10,12,16H,4-5,8-9,11,13H2. The third-order valence-corrected chi connectivity index (χ3v) is 3.71. The summed E-state index contributed by atoms with van der Waals surface area (Å²) in [6.45, 7) is 3.76. The molecule has 0 aromatic carbocycles. The summed E-state index contributed by atoms with van der Waals surface area (Å²) in [7, 11) is 0. The van der Waals surface area contributed by atoms with E-state index in [1.54, 1.807) is 6.26 Å². The molecule has 0 atom stereocenters. The Bertz CT molecular complexity index is 490. The molecule has 0 amide bonds. The summed E-state index contributed by atoms with van der Waals surface area (Å²) in [4.78, 5) is 6.73. The highest BCUT2D eigenvalue weighted by molar-refractivity contribution is 5.05. The van der Waals surface area contributed by atoms with Gasteiger partial charge in [-0.1, -0.05) is 6.07 Å². The Morgan fingerprint density at radius 3 is 2.85 bits per heavy atom. The van der Waals surface area contributed by atoms with Crippen LogP contribution in [-0.2, 0) is 17.9 Å². The van der Waals surface area contributed by atoms with E-state index in [0.717, 1.165) is 38.2 Å². The van der Waals surface area contributed by atoms with Gasteiger partial charge in [0.15, 0.2) is 0 Å². The second-order valence-corrected chi connectivity index (χ2v) is 5.24. The van der Waals surface area contributed by atoms with Crippen LogP contribution in [0.5, 0.6) is 0 Å². The number of piperidine rings is 1. The molecular weight excluding hydrogens is 252 g/mol. The van der Waals surface area contributed by atoms with Crippen LogP contribution in [0.1, 0.15) is 24.1 Å². The molecular formula is C16H20N2O2. The second kappa shape index (κ2) is 6.68. The van der Waals surface area contributed by atoms with Crippen LogP contribution in [-0.4, -0.2) is 29.1 Å². The molecule has 1 aliphatic rings. The fourth-order valence-electron chi connectivity index (χ4n) is 2.56. The summed E-state index contributed by atoms with van der Waals surface area (Å²) < 4.78 is 11.1. The van der Waals surface area contributed by atoms with Crippen molar-refractivity contribution in [3.8, 4) is 0 Å². The molecule has 0 bridgehead atoms. The molecule has 3 rings (SSSR count). The zero-order valence-corrected chi connectivity index (χ0v) is 11.6. The van der Waals surface area contributed by atoms with Gasteiger partial charge in [0.2, 0.25) is 0 Å². The number of furan rings is 1. The van der Waals surface area contributed by atoms with Gasteiger partial charge in [-0.25, -0.2) is 0 Å². The summed E-state index contributed by atoms with van der Waals surface area (Å²) in [6.07, 6.45) is 7.90. The quantitative estimate of drug-likeness (QED) is 0.839. The summed E-state index contributed by atoms with van der Waals surface area (Å²) in [5.41, 5.74) is 2.26. The minimum Gasteiger partial charge on any atom is -0.472 e. The molecule has 20 heavy (non-hydrogen) atoms. The maximum Gasteiger partial charge on any atom is 0.0947 e. The van der Waals surface area contributed by atoms with Gasteiger partial charge in [0.1, 0.15) is 0 Å². The van der Waals surface area contributed by atoms with Crippen LogP contribution in [0.4, 0.5) is 0 Å². The zero-order chi connectivity index (χ0) is 13.6. The monoisotopic (exact) mass is 272 g/mol. The van der Waals surface area contributed by atoms with Crippen molar-refractivity contribution < 1.29 is 9.15 Å². The van der Waals surface area contributed by atoms with Gasteiger partial charge in [-0.15, -0.1) is 0 Å². The molecule has 3 heterocycles. The van der Waals surface area contributed by atoms with E-state index >= 15 is 0 Å².